The number of aryl methyl sites for hydroxylation is 1. The van der Waals surface area contributed by atoms with Crippen molar-refractivity contribution >= 4 is 16.7 Å². The molecule has 0 unspecified atom stereocenters. The topological polar surface area (TPSA) is 32.9 Å². The van der Waals surface area contributed by atoms with Crippen LogP contribution in [0.2, 0.25) is 0 Å². The first kappa shape index (κ1) is 10.8. The number of carbonyl (C=O) groups is 1. The molecule has 3 aromatic rings. The summed E-state index contributed by atoms with van der Waals surface area (Å²) in [6.07, 6.45) is 1.94. The lowest BCUT2D eigenvalue weighted by molar-refractivity contribution is 0.104. The van der Waals surface area contributed by atoms with Gasteiger partial charge in [0, 0.05) is 22.7 Å². The van der Waals surface area contributed by atoms with Gasteiger partial charge in [0.2, 0.25) is 0 Å². The Labute approximate surface area is 105 Å². The second-order valence-corrected chi connectivity index (χ2v) is 4.39. The van der Waals surface area contributed by atoms with Crippen LogP contribution in [-0.2, 0) is 0 Å². The molecular formula is C16H13NO. The number of rotatable bonds is 2. The maximum atomic E-state index is 12.4. The number of nitrogens with one attached hydrogen (secondary N) is 1. The molecule has 0 saturated heterocycles. The summed E-state index contributed by atoms with van der Waals surface area (Å²) in [5.74, 6) is 0.0584. The molecule has 0 spiro atoms. The fourth-order valence-electron chi connectivity index (χ4n) is 2.23. The molecule has 88 valence electrons. The van der Waals surface area contributed by atoms with Gasteiger partial charge in [-0.15, -0.1) is 0 Å². The normalized spacial score (nSPS) is 10.7. The zero-order valence-corrected chi connectivity index (χ0v) is 10.1. The molecule has 1 aromatic heterocycles. The van der Waals surface area contributed by atoms with Gasteiger partial charge in [-0.2, -0.15) is 0 Å². The fourth-order valence-corrected chi connectivity index (χ4v) is 2.23. The van der Waals surface area contributed by atoms with Crippen LogP contribution in [-0.4, -0.2) is 10.8 Å². The molecule has 18 heavy (non-hydrogen) atoms. The Balaban J connectivity index is 2.18. The van der Waals surface area contributed by atoms with Crippen molar-refractivity contribution in [2.45, 2.75) is 6.92 Å². The molecule has 1 N–H and O–H groups in total. The van der Waals surface area contributed by atoms with E-state index in [1.165, 1.54) is 0 Å². The first-order valence-electron chi connectivity index (χ1n) is 5.94. The van der Waals surface area contributed by atoms with E-state index >= 15 is 0 Å². The highest BCUT2D eigenvalue weighted by molar-refractivity contribution is 6.15. The molecule has 0 aliphatic carbocycles. The Morgan fingerprint density at radius 1 is 1.00 bits per heavy atom. The van der Waals surface area contributed by atoms with Crippen LogP contribution in [0.3, 0.4) is 0 Å². The molecule has 2 heteroatoms. The molecule has 0 saturated carbocycles. The third kappa shape index (κ3) is 1.63. The van der Waals surface area contributed by atoms with Gasteiger partial charge < -0.3 is 4.98 Å². The van der Waals surface area contributed by atoms with Gasteiger partial charge in [0.1, 0.15) is 0 Å². The average molecular weight is 235 g/mol. The van der Waals surface area contributed by atoms with E-state index in [0.29, 0.717) is 0 Å². The number of aromatic nitrogens is 1. The first-order valence-corrected chi connectivity index (χ1v) is 5.94. The van der Waals surface area contributed by atoms with Crippen LogP contribution in [0.25, 0.3) is 10.9 Å². The average Bonchev–Trinajstić information content (AvgIpc) is 2.81. The zero-order valence-electron chi connectivity index (χ0n) is 10.1. The van der Waals surface area contributed by atoms with E-state index in [-0.39, 0.29) is 5.78 Å². The lowest BCUT2D eigenvalue weighted by Gasteiger charge is -2.03. The predicted octanol–water partition coefficient (Wildman–Crippen LogP) is 3.71. The number of carbonyl (C=O) groups excluding carboxylic acids is 1. The molecule has 0 bridgehead atoms. The van der Waals surface area contributed by atoms with E-state index in [1.807, 2.05) is 61.7 Å². The molecule has 0 aliphatic heterocycles. The molecule has 2 aromatic carbocycles. The Bertz CT molecular complexity index is 710. The van der Waals surface area contributed by atoms with Gasteiger partial charge in [0.25, 0.3) is 0 Å². The highest BCUT2D eigenvalue weighted by Gasteiger charge is 2.13. The van der Waals surface area contributed by atoms with Gasteiger partial charge in [-0.05, 0) is 18.6 Å². The number of hydrogen-bond acceptors (Lipinski definition) is 1. The summed E-state index contributed by atoms with van der Waals surface area (Å²) in [5, 5.41) is 1.11. The van der Waals surface area contributed by atoms with Crippen molar-refractivity contribution in [1.82, 2.24) is 4.98 Å². The molecule has 0 atom stereocenters. The number of fused-ring (bicyclic) bond motifs is 1. The van der Waals surface area contributed by atoms with E-state index in [4.69, 9.17) is 0 Å². The van der Waals surface area contributed by atoms with Crippen molar-refractivity contribution in [3.05, 3.63) is 71.4 Å². The molecule has 3 rings (SSSR count). The molecule has 0 aliphatic rings. The lowest BCUT2D eigenvalue weighted by Crippen LogP contribution is -2.01. The van der Waals surface area contributed by atoms with Crippen LogP contribution in [0.1, 0.15) is 21.5 Å². The molecule has 0 fully saturated rings. The highest BCUT2D eigenvalue weighted by Crippen LogP contribution is 2.23. The summed E-state index contributed by atoms with van der Waals surface area (Å²) in [6, 6.07) is 15.2. The predicted molar refractivity (Wildman–Crippen MR) is 72.9 cm³/mol. The number of H-pyrrole nitrogens is 1. The number of aromatic amines is 1. The number of benzene rings is 2. The minimum atomic E-state index is 0.0584. The summed E-state index contributed by atoms with van der Waals surface area (Å²) >= 11 is 0. The van der Waals surface area contributed by atoms with Crippen LogP contribution in [0.4, 0.5) is 0 Å². The van der Waals surface area contributed by atoms with Crippen molar-refractivity contribution < 1.29 is 4.79 Å². The standard InChI is InChI=1S/C16H13NO/c1-11-10-17-15-13(11)8-5-9-14(15)16(18)12-6-3-2-4-7-12/h2-10,17H,1H3. The molecular weight excluding hydrogens is 222 g/mol. The van der Waals surface area contributed by atoms with Gasteiger partial charge >= 0.3 is 0 Å². The van der Waals surface area contributed by atoms with Crippen molar-refractivity contribution in [2.75, 3.05) is 0 Å². The van der Waals surface area contributed by atoms with E-state index in [0.717, 1.165) is 27.6 Å². The van der Waals surface area contributed by atoms with E-state index in [9.17, 15) is 4.79 Å². The second kappa shape index (κ2) is 4.15. The smallest absolute Gasteiger partial charge is 0.195 e. The monoisotopic (exact) mass is 235 g/mol. The fraction of sp³-hybridized carbons (Fsp3) is 0.0625. The molecule has 0 radical (unpaired) electrons. The van der Waals surface area contributed by atoms with Crippen molar-refractivity contribution in [1.29, 1.82) is 0 Å². The third-order valence-corrected chi connectivity index (χ3v) is 3.20. The summed E-state index contributed by atoms with van der Waals surface area (Å²) in [5.41, 5.74) is 3.53. The summed E-state index contributed by atoms with van der Waals surface area (Å²) in [7, 11) is 0. The maximum absolute atomic E-state index is 12.4. The molecule has 2 nitrogen and oxygen atoms in total. The third-order valence-electron chi connectivity index (χ3n) is 3.20. The molecule has 0 amide bonds. The zero-order chi connectivity index (χ0) is 12.5. The second-order valence-electron chi connectivity index (χ2n) is 4.39. The summed E-state index contributed by atoms with van der Waals surface area (Å²) in [6.45, 7) is 2.04. The SMILES string of the molecule is Cc1c[nH]c2c(C(=O)c3ccccc3)cccc12. The van der Waals surface area contributed by atoms with Gasteiger partial charge in [-0.1, -0.05) is 42.5 Å². The summed E-state index contributed by atoms with van der Waals surface area (Å²) in [4.78, 5) is 15.6. The Morgan fingerprint density at radius 2 is 1.78 bits per heavy atom. The van der Waals surface area contributed by atoms with Crippen molar-refractivity contribution in [2.24, 2.45) is 0 Å². The van der Waals surface area contributed by atoms with Gasteiger partial charge in [-0.25, -0.2) is 0 Å². The van der Waals surface area contributed by atoms with E-state index in [2.05, 4.69) is 4.98 Å². The largest absolute Gasteiger partial charge is 0.360 e. The number of hydrogen-bond donors (Lipinski definition) is 1. The van der Waals surface area contributed by atoms with Crippen LogP contribution >= 0.6 is 0 Å². The first-order chi connectivity index (χ1) is 8.77. The van der Waals surface area contributed by atoms with Crippen LogP contribution in [0, 0.1) is 6.92 Å². The van der Waals surface area contributed by atoms with Gasteiger partial charge in [0.05, 0.1) is 5.52 Å². The number of para-hydroxylation sites is 1. The van der Waals surface area contributed by atoms with Crippen molar-refractivity contribution in [3.63, 3.8) is 0 Å². The lowest BCUT2D eigenvalue weighted by atomic mass is 10.0. The van der Waals surface area contributed by atoms with Crippen LogP contribution in [0.5, 0.6) is 0 Å². The van der Waals surface area contributed by atoms with Crippen LogP contribution in [0.15, 0.2) is 54.7 Å². The van der Waals surface area contributed by atoms with E-state index < -0.39 is 0 Å². The Kier molecular flexibility index (Phi) is 2.49. The van der Waals surface area contributed by atoms with Gasteiger partial charge in [0.15, 0.2) is 5.78 Å². The Morgan fingerprint density at radius 3 is 2.56 bits per heavy atom. The van der Waals surface area contributed by atoms with Crippen molar-refractivity contribution in [3.8, 4) is 0 Å². The van der Waals surface area contributed by atoms with E-state index in [1.54, 1.807) is 0 Å². The molecule has 1 heterocycles. The minimum absolute atomic E-state index is 0.0584. The minimum Gasteiger partial charge on any atom is -0.360 e. The maximum Gasteiger partial charge on any atom is 0.195 e. The quantitative estimate of drug-likeness (QED) is 0.675. The van der Waals surface area contributed by atoms with Gasteiger partial charge in [-0.3, -0.25) is 4.79 Å². The summed E-state index contributed by atoms with van der Waals surface area (Å²) < 4.78 is 0. The highest BCUT2D eigenvalue weighted by atomic mass is 16.1. The van der Waals surface area contributed by atoms with Crippen LogP contribution < -0.4 is 0 Å². The Hall–Kier alpha value is -2.35. The number of ketones is 1.